The van der Waals surface area contributed by atoms with Gasteiger partial charge in [-0.2, -0.15) is 0 Å². The number of hydrogen-bond donors (Lipinski definition) is 1. The zero-order chi connectivity index (χ0) is 15.9. The number of carbonyl (C=O) groups excluding carboxylic acids is 1. The first kappa shape index (κ1) is 16.6. The number of aliphatic hydroxyl groups is 1. The fourth-order valence-electron chi connectivity index (χ4n) is 2.81. The molecule has 2 rings (SSSR count). The number of piperidine rings is 1. The van der Waals surface area contributed by atoms with Crippen molar-refractivity contribution in [3.8, 4) is 5.75 Å². The number of rotatable bonds is 6. The van der Waals surface area contributed by atoms with Crippen LogP contribution in [0.3, 0.4) is 0 Å². The van der Waals surface area contributed by atoms with Crippen molar-refractivity contribution in [1.29, 1.82) is 0 Å². The third-order valence-corrected chi connectivity index (χ3v) is 3.92. The maximum atomic E-state index is 12.7. The summed E-state index contributed by atoms with van der Waals surface area (Å²) in [5.74, 6) is 0.712. The minimum atomic E-state index is 0.0268. The van der Waals surface area contributed by atoms with Crippen molar-refractivity contribution in [2.24, 2.45) is 0 Å². The zero-order valence-corrected chi connectivity index (χ0v) is 13.3. The molecular formula is C18H25NO3. The Labute approximate surface area is 132 Å². The Kier molecular flexibility index (Phi) is 6.01. The molecule has 0 aromatic heterocycles. The second kappa shape index (κ2) is 7.99. The maximum Gasteiger partial charge on any atom is 0.254 e. The molecule has 4 nitrogen and oxygen atoms in total. The van der Waals surface area contributed by atoms with Crippen molar-refractivity contribution < 1.29 is 14.6 Å². The van der Waals surface area contributed by atoms with Crippen molar-refractivity contribution in [3.63, 3.8) is 0 Å². The van der Waals surface area contributed by atoms with Crippen molar-refractivity contribution in [2.45, 2.75) is 38.6 Å². The summed E-state index contributed by atoms with van der Waals surface area (Å²) in [6, 6.07) is 7.44. The monoisotopic (exact) mass is 303 g/mol. The molecule has 1 atom stereocenters. The highest BCUT2D eigenvalue weighted by molar-refractivity contribution is 5.94. The van der Waals surface area contributed by atoms with Gasteiger partial charge in [0.2, 0.25) is 0 Å². The Morgan fingerprint density at radius 3 is 3.00 bits per heavy atom. The zero-order valence-electron chi connectivity index (χ0n) is 13.3. The molecule has 1 saturated heterocycles. The van der Waals surface area contributed by atoms with Crippen LogP contribution in [0.2, 0.25) is 0 Å². The van der Waals surface area contributed by atoms with Crippen LogP contribution in [0.25, 0.3) is 0 Å². The van der Waals surface area contributed by atoms with Crippen LogP contribution in [0, 0.1) is 0 Å². The summed E-state index contributed by atoms with van der Waals surface area (Å²) < 4.78 is 5.61. The van der Waals surface area contributed by atoms with Gasteiger partial charge >= 0.3 is 0 Å². The lowest BCUT2D eigenvalue weighted by atomic mass is 9.98. The van der Waals surface area contributed by atoms with E-state index in [4.69, 9.17) is 4.74 Å². The van der Waals surface area contributed by atoms with Gasteiger partial charge in [0, 0.05) is 24.8 Å². The third kappa shape index (κ3) is 4.34. The number of carbonyl (C=O) groups is 1. The van der Waals surface area contributed by atoms with E-state index in [1.165, 1.54) is 0 Å². The number of aliphatic hydroxyl groups excluding tert-OH is 1. The Morgan fingerprint density at radius 2 is 2.27 bits per heavy atom. The lowest BCUT2D eigenvalue weighted by Crippen LogP contribution is -2.44. The molecule has 1 aromatic carbocycles. The highest BCUT2D eigenvalue weighted by Gasteiger charge is 2.27. The number of nitrogens with zero attached hydrogens (tertiary/aromatic N) is 1. The maximum absolute atomic E-state index is 12.7. The fraction of sp³-hybridized carbons (Fsp3) is 0.500. The Hall–Kier alpha value is -1.81. The number of amides is 1. The number of benzene rings is 1. The van der Waals surface area contributed by atoms with Gasteiger partial charge in [-0.15, -0.1) is 0 Å². The molecule has 1 heterocycles. The number of likely N-dealkylation sites (tertiary alicyclic amines) is 1. The van der Waals surface area contributed by atoms with Crippen molar-refractivity contribution in [2.75, 3.05) is 19.8 Å². The molecule has 0 saturated carbocycles. The lowest BCUT2D eigenvalue weighted by molar-refractivity contribution is 0.0574. The highest BCUT2D eigenvalue weighted by Crippen LogP contribution is 2.23. The predicted octanol–water partition coefficient (Wildman–Crippen LogP) is 3.02. The normalized spacial score (nSPS) is 18.1. The quantitative estimate of drug-likeness (QED) is 0.822. The molecule has 1 aliphatic rings. The standard InChI is InChI=1S/C18H25NO3/c1-14(2)13-22-17-8-5-6-15(12-17)18(21)19-10-4-3-7-16(19)9-11-20/h5-6,8,12,16,20H,1,3-4,7,9-11,13H2,2H3/t16-/m1/s1. The van der Waals surface area contributed by atoms with Gasteiger partial charge in [-0.05, 0) is 56.4 Å². The van der Waals surface area contributed by atoms with Crippen LogP contribution in [0.1, 0.15) is 43.0 Å². The highest BCUT2D eigenvalue weighted by atomic mass is 16.5. The molecule has 1 aliphatic heterocycles. The van der Waals surface area contributed by atoms with Crippen molar-refractivity contribution in [1.82, 2.24) is 4.90 Å². The largest absolute Gasteiger partial charge is 0.489 e. The topological polar surface area (TPSA) is 49.8 Å². The summed E-state index contributed by atoms with van der Waals surface area (Å²) in [6.45, 7) is 7.05. The first-order valence-corrected chi connectivity index (χ1v) is 7.91. The van der Waals surface area contributed by atoms with Crippen LogP contribution in [0.5, 0.6) is 5.75 Å². The first-order chi connectivity index (χ1) is 10.6. The van der Waals surface area contributed by atoms with Gasteiger partial charge in [-0.3, -0.25) is 4.79 Å². The molecule has 0 unspecified atom stereocenters. The summed E-state index contributed by atoms with van der Waals surface area (Å²) in [7, 11) is 0. The van der Waals surface area contributed by atoms with E-state index in [-0.39, 0.29) is 18.6 Å². The van der Waals surface area contributed by atoms with Crippen LogP contribution in [0.15, 0.2) is 36.4 Å². The third-order valence-electron chi connectivity index (χ3n) is 3.92. The number of hydrogen-bond acceptors (Lipinski definition) is 3. The van der Waals surface area contributed by atoms with Crippen molar-refractivity contribution >= 4 is 5.91 Å². The van der Waals surface area contributed by atoms with E-state index in [1.54, 1.807) is 6.07 Å². The van der Waals surface area contributed by atoms with Crippen LogP contribution in [0.4, 0.5) is 0 Å². The molecule has 0 radical (unpaired) electrons. The summed E-state index contributed by atoms with van der Waals surface area (Å²) in [5, 5.41) is 9.19. The van der Waals surface area contributed by atoms with E-state index in [0.717, 1.165) is 31.4 Å². The Bertz CT molecular complexity index is 525. The molecule has 0 bridgehead atoms. The van der Waals surface area contributed by atoms with E-state index in [9.17, 15) is 9.90 Å². The fourth-order valence-corrected chi connectivity index (χ4v) is 2.81. The Morgan fingerprint density at radius 1 is 1.45 bits per heavy atom. The molecule has 1 fully saturated rings. The van der Waals surface area contributed by atoms with Crippen LogP contribution < -0.4 is 4.74 Å². The average Bonchev–Trinajstić information content (AvgIpc) is 2.53. The Balaban J connectivity index is 2.10. The molecule has 4 heteroatoms. The minimum absolute atomic E-state index is 0.0268. The van der Waals surface area contributed by atoms with E-state index in [2.05, 4.69) is 6.58 Å². The molecule has 120 valence electrons. The molecule has 0 spiro atoms. The summed E-state index contributed by atoms with van der Waals surface area (Å²) in [6.07, 6.45) is 3.77. The van der Waals surface area contributed by atoms with E-state index in [1.807, 2.05) is 30.0 Å². The van der Waals surface area contributed by atoms with E-state index < -0.39 is 0 Å². The van der Waals surface area contributed by atoms with E-state index >= 15 is 0 Å². The minimum Gasteiger partial charge on any atom is -0.489 e. The second-order valence-electron chi connectivity index (χ2n) is 5.93. The molecule has 22 heavy (non-hydrogen) atoms. The van der Waals surface area contributed by atoms with Gasteiger partial charge < -0.3 is 14.7 Å². The van der Waals surface area contributed by atoms with Crippen LogP contribution in [-0.4, -0.2) is 41.7 Å². The molecule has 1 amide bonds. The van der Waals surface area contributed by atoms with Gasteiger partial charge in [-0.25, -0.2) is 0 Å². The molecular weight excluding hydrogens is 278 g/mol. The summed E-state index contributed by atoms with van der Waals surface area (Å²) >= 11 is 0. The van der Waals surface area contributed by atoms with E-state index in [0.29, 0.717) is 24.3 Å². The van der Waals surface area contributed by atoms with Gasteiger partial charge in [-0.1, -0.05) is 12.6 Å². The first-order valence-electron chi connectivity index (χ1n) is 7.91. The smallest absolute Gasteiger partial charge is 0.254 e. The molecule has 0 aliphatic carbocycles. The predicted molar refractivity (Wildman–Crippen MR) is 87.1 cm³/mol. The van der Waals surface area contributed by atoms with Gasteiger partial charge in [0.05, 0.1) is 0 Å². The second-order valence-corrected chi connectivity index (χ2v) is 5.93. The van der Waals surface area contributed by atoms with Crippen LogP contribution in [-0.2, 0) is 0 Å². The van der Waals surface area contributed by atoms with Gasteiger partial charge in [0.25, 0.3) is 5.91 Å². The van der Waals surface area contributed by atoms with Crippen molar-refractivity contribution in [3.05, 3.63) is 42.0 Å². The molecule has 1 aromatic rings. The SMILES string of the molecule is C=C(C)COc1cccc(C(=O)N2CCCC[C@@H]2CCO)c1. The number of ether oxygens (including phenoxy) is 1. The average molecular weight is 303 g/mol. The van der Waals surface area contributed by atoms with Crippen LogP contribution >= 0.6 is 0 Å². The summed E-state index contributed by atoms with van der Waals surface area (Å²) in [4.78, 5) is 14.6. The summed E-state index contributed by atoms with van der Waals surface area (Å²) in [5.41, 5.74) is 1.58. The van der Waals surface area contributed by atoms with Gasteiger partial charge in [0.15, 0.2) is 0 Å². The molecule has 1 N–H and O–H groups in total. The van der Waals surface area contributed by atoms with Gasteiger partial charge in [0.1, 0.15) is 12.4 Å². The lowest BCUT2D eigenvalue weighted by Gasteiger charge is -2.35.